The molecule has 2 aliphatic heterocycles. The van der Waals surface area contributed by atoms with Crippen molar-refractivity contribution in [2.75, 3.05) is 24.5 Å². The van der Waals surface area contributed by atoms with Crippen LogP contribution in [0.15, 0.2) is 53.5 Å². The standard InChI is InChI=1S/C26H24FN7O/c1-32-14-19-10-20(4-5-23(19)31-32)34-25(35)12-24(33-9-7-22-18(15-33)6-8-29-22)30-26(34)16-2-3-17(13-28)21(27)11-16/h2-5,10-12,14,18,22,29H,6-9,15H2,1H3. The van der Waals surface area contributed by atoms with Gasteiger partial charge in [0.25, 0.3) is 5.56 Å². The van der Waals surface area contributed by atoms with E-state index in [4.69, 9.17) is 10.2 Å². The van der Waals surface area contributed by atoms with Crippen LogP contribution in [0.2, 0.25) is 0 Å². The van der Waals surface area contributed by atoms with Crippen molar-refractivity contribution < 1.29 is 4.39 Å². The first-order chi connectivity index (χ1) is 17.0. The summed E-state index contributed by atoms with van der Waals surface area (Å²) >= 11 is 0. The second-order valence-electron chi connectivity index (χ2n) is 9.31. The van der Waals surface area contributed by atoms with Gasteiger partial charge in [0.2, 0.25) is 0 Å². The molecule has 4 heterocycles. The van der Waals surface area contributed by atoms with Crippen LogP contribution in [0.25, 0.3) is 28.0 Å². The molecule has 0 saturated carbocycles. The second kappa shape index (κ2) is 8.32. The predicted molar refractivity (Wildman–Crippen MR) is 131 cm³/mol. The molecule has 2 saturated heterocycles. The molecular formula is C26H24FN7O. The molecule has 2 aromatic carbocycles. The SMILES string of the molecule is Cn1cc2cc(-n3c(-c4ccc(C#N)c(F)c4)nc(N4CCC5NCCC5C4)cc3=O)ccc2n1. The predicted octanol–water partition coefficient (Wildman–Crippen LogP) is 2.99. The largest absolute Gasteiger partial charge is 0.356 e. The molecule has 9 heteroatoms. The van der Waals surface area contributed by atoms with Crippen molar-refractivity contribution in [1.29, 1.82) is 5.26 Å². The third-order valence-corrected chi connectivity index (χ3v) is 7.09. The Morgan fingerprint density at radius 2 is 2.06 bits per heavy atom. The first-order valence-electron chi connectivity index (χ1n) is 11.8. The number of fused-ring (bicyclic) bond motifs is 2. The molecule has 2 aliphatic rings. The number of rotatable bonds is 3. The minimum absolute atomic E-state index is 0.0496. The van der Waals surface area contributed by atoms with E-state index in [1.807, 2.05) is 37.5 Å². The van der Waals surface area contributed by atoms with Gasteiger partial charge in [-0.3, -0.25) is 14.0 Å². The molecule has 8 nitrogen and oxygen atoms in total. The highest BCUT2D eigenvalue weighted by Crippen LogP contribution is 2.30. The molecule has 0 radical (unpaired) electrons. The Balaban J connectivity index is 1.51. The van der Waals surface area contributed by atoms with Gasteiger partial charge in [-0.2, -0.15) is 10.4 Å². The van der Waals surface area contributed by atoms with E-state index >= 15 is 0 Å². The van der Waals surface area contributed by atoms with E-state index in [9.17, 15) is 9.18 Å². The van der Waals surface area contributed by atoms with Crippen LogP contribution in [-0.2, 0) is 7.05 Å². The zero-order valence-electron chi connectivity index (χ0n) is 19.3. The first-order valence-corrected chi connectivity index (χ1v) is 11.8. The van der Waals surface area contributed by atoms with E-state index in [1.54, 1.807) is 16.8 Å². The molecule has 0 aliphatic carbocycles. The fourth-order valence-corrected chi connectivity index (χ4v) is 5.35. The Bertz CT molecular complexity index is 1550. The van der Waals surface area contributed by atoms with Crippen molar-refractivity contribution in [1.82, 2.24) is 24.6 Å². The van der Waals surface area contributed by atoms with Crippen LogP contribution in [0.3, 0.4) is 0 Å². The van der Waals surface area contributed by atoms with Crippen molar-refractivity contribution in [2.24, 2.45) is 13.0 Å². The monoisotopic (exact) mass is 469 g/mol. The number of hydrogen-bond donors (Lipinski definition) is 1. The minimum Gasteiger partial charge on any atom is -0.356 e. The summed E-state index contributed by atoms with van der Waals surface area (Å²) in [6.45, 7) is 2.65. The molecule has 0 spiro atoms. The second-order valence-corrected chi connectivity index (χ2v) is 9.31. The molecule has 2 aromatic heterocycles. The third kappa shape index (κ3) is 3.76. The summed E-state index contributed by atoms with van der Waals surface area (Å²) in [5, 5.41) is 18.0. The number of anilines is 1. The van der Waals surface area contributed by atoms with Crippen LogP contribution in [0.4, 0.5) is 10.2 Å². The zero-order valence-corrected chi connectivity index (χ0v) is 19.3. The number of aryl methyl sites for hydroxylation is 1. The zero-order chi connectivity index (χ0) is 24.1. The molecular weight excluding hydrogens is 445 g/mol. The quantitative estimate of drug-likeness (QED) is 0.496. The Labute approximate surface area is 201 Å². The molecule has 1 N–H and O–H groups in total. The number of piperidine rings is 1. The number of nitriles is 1. The van der Waals surface area contributed by atoms with E-state index < -0.39 is 5.82 Å². The number of hydrogen-bond acceptors (Lipinski definition) is 6. The maximum Gasteiger partial charge on any atom is 0.260 e. The maximum absolute atomic E-state index is 14.6. The molecule has 2 fully saturated rings. The lowest BCUT2D eigenvalue weighted by Gasteiger charge is -2.35. The van der Waals surface area contributed by atoms with Crippen molar-refractivity contribution in [3.05, 3.63) is 70.4 Å². The van der Waals surface area contributed by atoms with Gasteiger partial charge in [0.05, 0.1) is 16.8 Å². The fourth-order valence-electron chi connectivity index (χ4n) is 5.35. The molecule has 2 unspecified atom stereocenters. The molecule has 0 bridgehead atoms. The molecule has 2 atom stereocenters. The van der Waals surface area contributed by atoms with E-state index in [0.29, 0.717) is 34.9 Å². The van der Waals surface area contributed by atoms with E-state index in [-0.39, 0.29) is 11.1 Å². The Kier molecular flexibility index (Phi) is 5.11. The van der Waals surface area contributed by atoms with Gasteiger partial charge in [-0.25, -0.2) is 9.37 Å². The third-order valence-electron chi connectivity index (χ3n) is 7.09. The molecule has 0 amide bonds. The van der Waals surface area contributed by atoms with Gasteiger partial charge in [0, 0.05) is 49.4 Å². The lowest BCUT2D eigenvalue weighted by molar-refractivity contribution is 0.375. The normalized spacial score (nSPS) is 19.6. The first kappa shape index (κ1) is 21.5. The highest BCUT2D eigenvalue weighted by Gasteiger charge is 2.33. The lowest BCUT2D eigenvalue weighted by atomic mass is 9.93. The molecule has 35 heavy (non-hydrogen) atoms. The average Bonchev–Trinajstić information content (AvgIpc) is 3.47. The van der Waals surface area contributed by atoms with E-state index in [2.05, 4.69) is 15.3 Å². The number of halogens is 1. The maximum atomic E-state index is 14.6. The highest BCUT2D eigenvalue weighted by atomic mass is 19.1. The summed E-state index contributed by atoms with van der Waals surface area (Å²) < 4.78 is 17.8. The summed E-state index contributed by atoms with van der Waals surface area (Å²) in [7, 11) is 1.84. The van der Waals surface area contributed by atoms with E-state index in [1.165, 1.54) is 16.7 Å². The molecule has 6 rings (SSSR count). The summed E-state index contributed by atoms with van der Waals surface area (Å²) in [6, 6.07) is 13.8. The van der Waals surface area contributed by atoms with Crippen molar-refractivity contribution >= 4 is 16.7 Å². The number of nitrogens with one attached hydrogen (secondary N) is 1. The van der Waals surface area contributed by atoms with Crippen LogP contribution in [0, 0.1) is 23.1 Å². The van der Waals surface area contributed by atoms with Gasteiger partial charge in [-0.1, -0.05) is 0 Å². The fraction of sp³-hybridized carbons (Fsp3) is 0.308. The smallest absolute Gasteiger partial charge is 0.260 e. The van der Waals surface area contributed by atoms with Gasteiger partial charge in [-0.15, -0.1) is 0 Å². The van der Waals surface area contributed by atoms with Crippen LogP contribution in [-0.4, -0.2) is 45.0 Å². The summed E-state index contributed by atoms with van der Waals surface area (Å²) in [6.07, 6.45) is 3.98. The van der Waals surface area contributed by atoms with Crippen molar-refractivity contribution in [3.8, 4) is 23.1 Å². The molecule has 176 valence electrons. The van der Waals surface area contributed by atoms with Crippen molar-refractivity contribution in [3.63, 3.8) is 0 Å². The van der Waals surface area contributed by atoms with Gasteiger partial charge in [0.15, 0.2) is 0 Å². The summed E-state index contributed by atoms with van der Waals surface area (Å²) in [4.78, 5) is 20.6. The number of benzene rings is 2. The highest BCUT2D eigenvalue weighted by molar-refractivity contribution is 5.80. The average molecular weight is 470 g/mol. The van der Waals surface area contributed by atoms with Crippen LogP contribution in [0.1, 0.15) is 18.4 Å². The van der Waals surface area contributed by atoms with Gasteiger partial charge in [0.1, 0.15) is 23.5 Å². The Morgan fingerprint density at radius 3 is 2.89 bits per heavy atom. The summed E-state index contributed by atoms with van der Waals surface area (Å²) in [5.74, 6) is 0.818. The summed E-state index contributed by atoms with van der Waals surface area (Å²) in [5.41, 5.74) is 1.57. The number of aromatic nitrogens is 4. The number of nitrogens with zero attached hydrogens (tertiary/aromatic N) is 6. The van der Waals surface area contributed by atoms with E-state index in [0.717, 1.165) is 43.4 Å². The van der Waals surface area contributed by atoms with Crippen LogP contribution >= 0.6 is 0 Å². The van der Waals surface area contributed by atoms with Gasteiger partial charge >= 0.3 is 0 Å². The topological polar surface area (TPSA) is 91.8 Å². The van der Waals surface area contributed by atoms with Gasteiger partial charge in [-0.05, 0) is 61.7 Å². The minimum atomic E-state index is -0.642. The van der Waals surface area contributed by atoms with Gasteiger partial charge < -0.3 is 10.2 Å². The van der Waals surface area contributed by atoms with Crippen LogP contribution < -0.4 is 15.8 Å². The molecule has 4 aromatic rings. The van der Waals surface area contributed by atoms with Crippen LogP contribution in [0.5, 0.6) is 0 Å². The van der Waals surface area contributed by atoms with Crippen molar-refractivity contribution in [2.45, 2.75) is 18.9 Å². The Morgan fingerprint density at radius 1 is 1.17 bits per heavy atom. The lowest BCUT2D eigenvalue weighted by Crippen LogP contribution is -2.45. The Hall–Kier alpha value is -4.03.